The molecule has 0 fully saturated rings. The molecule has 1 aliphatic rings. The number of allylic oxidation sites excluding steroid dienone is 1. The molecule has 45 heavy (non-hydrogen) atoms. The number of para-hydroxylation sites is 1. The maximum atomic E-state index is 14.2. The molecule has 0 saturated carbocycles. The van der Waals surface area contributed by atoms with Gasteiger partial charge in [0.25, 0.3) is 11.2 Å². The standard InChI is InChI=1S/C33H27N5O5S2/c1-4-43-32(40)28-20(2)34-33-37(30(28)21-13-15-26(44-3)16-14-21)31(39)27(45-33)18-23-19-36(24-10-6-5-7-11-24)35-29(23)22-9-8-12-25(17-22)38(41)42/h5-19,30H,4H2,1-3H3. The van der Waals surface area contributed by atoms with E-state index in [4.69, 9.17) is 9.84 Å². The maximum Gasteiger partial charge on any atom is 0.338 e. The molecule has 2 aromatic heterocycles. The molecule has 0 radical (unpaired) electrons. The first-order valence-electron chi connectivity index (χ1n) is 14.0. The number of thioether (sulfide) groups is 1. The summed E-state index contributed by atoms with van der Waals surface area (Å²) >= 11 is 2.80. The zero-order chi connectivity index (χ0) is 31.7. The summed E-state index contributed by atoms with van der Waals surface area (Å²) in [6.07, 6.45) is 5.49. The van der Waals surface area contributed by atoms with E-state index in [1.54, 1.807) is 59.3 Å². The summed E-state index contributed by atoms with van der Waals surface area (Å²) in [5.41, 5.74) is 3.53. The molecule has 12 heteroatoms. The maximum absolute atomic E-state index is 14.2. The van der Waals surface area contributed by atoms with Gasteiger partial charge in [0.2, 0.25) is 0 Å². The van der Waals surface area contributed by atoms with Crippen molar-refractivity contribution in [3.05, 3.63) is 137 Å². The average Bonchev–Trinajstić information content (AvgIpc) is 3.61. The van der Waals surface area contributed by atoms with Crippen LogP contribution in [0.15, 0.2) is 111 Å². The molecular weight excluding hydrogens is 611 g/mol. The van der Waals surface area contributed by atoms with Gasteiger partial charge in [0.1, 0.15) is 5.69 Å². The predicted octanol–water partition coefficient (Wildman–Crippen LogP) is 5.28. The predicted molar refractivity (Wildman–Crippen MR) is 174 cm³/mol. The van der Waals surface area contributed by atoms with Crippen LogP contribution in [0.1, 0.15) is 31.0 Å². The fourth-order valence-electron chi connectivity index (χ4n) is 5.23. The average molecular weight is 638 g/mol. The summed E-state index contributed by atoms with van der Waals surface area (Å²) in [6.45, 7) is 3.67. The zero-order valence-corrected chi connectivity index (χ0v) is 26.2. The minimum Gasteiger partial charge on any atom is -0.463 e. The van der Waals surface area contributed by atoms with E-state index in [0.29, 0.717) is 37.4 Å². The third-order valence-corrected chi connectivity index (χ3v) is 9.06. The van der Waals surface area contributed by atoms with Gasteiger partial charge in [0.05, 0.1) is 39.1 Å². The van der Waals surface area contributed by atoms with Crippen molar-refractivity contribution in [3.8, 4) is 16.9 Å². The number of thiazole rings is 1. The van der Waals surface area contributed by atoms with Gasteiger partial charge in [-0.25, -0.2) is 14.5 Å². The summed E-state index contributed by atoms with van der Waals surface area (Å²) in [5.74, 6) is -0.524. The number of carbonyl (C=O) groups is 1. The molecule has 0 N–H and O–H groups in total. The Morgan fingerprint density at radius 1 is 1.11 bits per heavy atom. The van der Waals surface area contributed by atoms with Crippen molar-refractivity contribution in [2.75, 3.05) is 12.9 Å². The van der Waals surface area contributed by atoms with Gasteiger partial charge in [-0.2, -0.15) is 5.10 Å². The smallest absolute Gasteiger partial charge is 0.338 e. The summed E-state index contributed by atoms with van der Waals surface area (Å²) in [4.78, 5) is 44.7. The topological polar surface area (TPSA) is 122 Å². The molecule has 226 valence electrons. The van der Waals surface area contributed by atoms with Gasteiger partial charge in [-0.3, -0.25) is 19.5 Å². The highest BCUT2D eigenvalue weighted by Gasteiger charge is 2.33. The van der Waals surface area contributed by atoms with Crippen LogP contribution in [0.5, 0.6) is 0 Å². The number of nitro benzene ring substituents is 1. The molecule has 0 bridgehead atoms. The Balaban J connectivity index is 1.56. The van der Waals surface area contributed by atoms with E-state index in [0.717, 1.165) is 16.1 Å². The van der Waals surface area contributed by atoms with E-state index in [-0.39, 0.29) is 17.9 Å². The first-order valence-corrected chi connectivity index (χ1v) is 16.1. The van der Waals surface area contributed by atoms with Crippen molar-refractivity contribution >= 4 is 40.8 Å². The SMILES string of the molecule is CCOC(=O)C1=C(C)N=c2sc(=Cc3cn(-c4ccccc4)nc3-c3cccc([N+](=O)[O-])c3)c(=O)n2C1c1ccc(SC)cc1. The highest BCUT2D eigenvalue weighted by Crippen LogP contribution is 2.32. The number of benzene rings is 3. The Morgan fingerprint density at radius 3 is 2.56 bits per heavy atom. The summed E-state index contributed by atoms with van der Waals surface area (Å²) in [6, 6.07) is 22.7. The van der Waals surface area contributed by atoms with E-state index >= 15 is 0 Å². The molecule has 10 nitrogen and oxygen atoms in total. The highest BCUT2D eigenvalue weighted by molar-refractivity contribution is 7.98. The minimum atomic E-state index is -0.735. The number of ether oxygens (including phenoxy) is 1. The van der Waals surface area contributed by atoms with Crippen molar-refractivity contribution in [3.63, 3.8) is 0 Å². The number of rotatable bonds is 8. The molecule has 0 amide bonds. The van der Waals surface area contributed by atoms with Gasteiger partial charge in [-0.05, 0) is 56.0 Å². The summed E-state index contributed by atoms with van der Waals surface area (Å²) in [5, 5.41) is 16.3. The van der Waals surface area contributed by atoms with Gasteiger partial charge >= 0.3 is 5.97 Å². The number of aromatic nitrogens is 3. The molecule has 0 saturated heterocycles. The molecule has 1 atom stereocenters. The van der Waals surface area contributed by atoms with Gasteiger partial charge in [0.15, 0.2) is 4.80 Å². The van der Waals surface area contributed by atoms with E-state index in [1.165, 1.54) is 23.5 Å². The lowest BCUT2D eigenvalue weighted by atomic mass is 9.96. The van der Waals surface area contributed by atoms with Crippen LogP contribution in [-0.4, -0.2) is 38.1 Å². The van der Waals surface area contributed by atoms with Crippen LogP contribution < -0.4 is 14.9 Å². The van der Waals surface area contributed by atoms with Crippen LogP contribution in [0.3, 0.4) is 0 Å². The molecule has 1 aliphatic heterocycles. The van der Waals surface area contributed by atoms with Gasteiger partial charge in [-0.1, -0.05) is 53.8 Å². The second-order valence-corrected chi connectivity index (χ2v) is 12.0. The number of hydrogen-bond donors (Lipinski definition) is 0. The zero-order valence-electron chi connectivity index (χ0n) is 24.5. The molecule has 0 aliphatic carbocycles. The van der Waals surface area contributed by atoms with E-state index in [2.05, 4.69) is 4.99 Å². The number of nitro groups is 1. The van der Waals surface area contributed by atoms with Crippen LogP contribution in [-0.2, 0) is 9.53 Å². The van der Waals surface area contributed by atoms with Crippen LogP contribution >= 0.6 is 23.1 Å². The molecular formula is C33H27N5O5S2. The summed E-state index contributed by atoms with van der Waals surface area (Å²) < 4.78 is 8.99. The Kier molecular flexibility index (Phi) is 8.33. The van der Waals surface area contributed by atoms with Crippen molar-refractivity contribution in [1.29, 1.82) is 0 Å². The first-order chi connectivity index (χ1) is 21.8. The number of non-ortho nitro benzene ring substituents is 1. The monoisotopic (exact) mass is 637 g/mol. The fraction of sp³-hybridized carbons (Fsp3) is 0.152. The van der Waals surface area contributed by atoms with Gasteiger partial charge in [-0.15, -0.1) is 11.8 Å². The molecule has 0 spiro atoms. The lowest BCUT2D eigenvalue weighted by molar-refractivity contribution is -0.384. The lowest BCUT2D eigenvalue weighted by Crippen LogP contribution is -2.39. The fourth-order valence-corrected chi connectivity index (χ4v) is 6.68. The van der Waals surface area contributed by atoms with E-state index in [1.807, 2.05) is 60.9 Å². The van der Waals surface area contributed by atoms with E-state index < -0.39 is 16.9 Å². The number of carbonyl (C=O) groups excluding carboxylic acids is 1. The molecule has 6 rings (SSSR count). The molecule has 3 aromatic carbocycles. The molecule has 5 aromatic rings. The van der Waals surface area contributed by atoms with E-state index in [9.17, 15) is 19.7 Å². The molecule has 1 unspecified atom stereocenters. The quantitative estimate of drug-likeness (QED) is 0.0982. The van der Waals surface area contributed by atoms with Crippen molar-refractivity contribution < 1.29 is 14.5 Å². The van der Waals surface area contributed by atoms with Gasteiger partial charge in [0, 0.05) is 34.4 Å². The number of hydrogen-bond acceptors (Lipinski definition) is 9. The largest absolute Gasteiger partial charge is 0.463 e. The Hall–Kier alpha value is -5.07. The van der Waals surface area contributed by atoms with Crippen LogP contribution in [0.2, 0.25) is 0 Å². The number of esters is 1. The third kappa shape index (κ3) is 5.77. The van der Waals surface area contributed by atoms with Crippen LogP contribution in [0.25, 0.3) is 23.0 Å². The normalized spacial score (nSPS) is 14.6. The third-order valence-electron chi connectivity index (χ3n) is 7.33. The molecule has 3 heterocycles. The lowest BCUT2D eigenvalue weighted by Gasteiger charge is -2.24. The van der Waals surface area contributed by atoms with Crippen LogP contribution in [0.4, 0.5) is 5.69 Å². The summed E-state index contributed by atoms with van der Waals surface area (Å²) in [7, 11) is 0. The Bertz CT molecular complexity index is 2150. The number of fused-ring (bicyclic) bond motifs is 1. The second-order valence-electron chi connectivity index (χ2n) is 10.1. The number of nitrogens with zero attached hydrogens (tertiary/aromatic N) is 5. The van der Waals surface area contributed by atoms with Gasteiger partial charge < -0.3 is 4.74 Å². The first kappa shape index (κ1) is 30.0. The Morgan fingerprint density at radius 2 is 1.87 bits per heavy atom. The van der Waals surface area contributed by atoms with Crippen molar-refractivity contribution in [2.45, 2.75) is 24.8 Å². The second kappa shape index (κ2) is 12.5. The van der Waals surface area contributed by atoms with Crippen LogP contribution in [0, 0.1) is 10.1 Å². The van der Waals surface area contributed by atoms with Crippen molar-refractivity contribution in [2.24, 2.45) is 4.99 Å². The highest BCUT2D eigenvalue weighted by atomic mass is 32.2. The Labute approximate surface area is 265 Å². The minimum absolute atomic E-state index is 0.0680. The van der Waals surface area contributed by atoms with Crippen molar-refractivity contribution in [1.82, 2.24) is 14.3 Å².